The number of hydrogen-bond acceptors (Lipinski definition) is 3. The smallest absolute Gasteiger partial charge is 0.169 e. The second kappa shape index (κ2) is 8.14. The molecule has 0 aromatic heterocycles. The molecule has 1 aromatic rings. The van der Waals surface area contributed by atoms with Crippen LogP contribution in [0.3, 0.4) is 0 Å². The monoisotopic (exact) mass is 328 g/mol. The molecule has 1 aliphatic heterocycles. The van der Waals surface area contributed by atoms with E-state index in [2.05, 4.69) is 10.2 Å². The molecule has 5 heteroatoms. The molecule has 124 valence electrons. The number of methoxy groups -OCH3 is 1. The van der Waals surface area contributed by atoms with Crippen LogP contribution in [-0.2, 0) is 0 Å². The molecular weight excluding hydrogens is 303 g/mol. The molecule has 0 unspecified atom stereocenters. The topological polar surface area (TPSA) is 24.5 Å². The van der Waals surface area contributed by atoms with E-state index in [0.717, 1.165) is 31.7 Å². The fourth-order valence-corrected chi connectivity index (χ4v) is 3.90. The lowest BCUT2D eigenvalue weighted by Gasteiger charge is -2.38. The van der Waals surface area contributed by atoms with Crippen LogP contribution in [0.5, 0.6) is 5.75 Å². The van der Waals surface area contributed by atoms with Gasteiger partial charge >= 0.3 is 0 Å². The van der Waals surface area contributed by atoms with Gasteiger partial charge in [-0.2, -0.15) is 0 Å². The van der Waals surface area contributed by atoms with Crippen LogP contribution in [0.4, 0.5) is 4.39 Å². The van der Waals surface area contributed by atoms with Crippen molar-refractivity contribution in [2.24, 2.45) is 5.92 Å². The highest BCUT2D eigenvalue weighted by Crippen LogP contribution is 2.41. The van der Waals surface area contributed by atoms with E-state index in [4.69, 9.17) is 4.74 Å². The molecular formula is C17H26ClFN2O. The summed E-state index contributed by atoms with van der Waals surface area (Å²) in [6.07, 6.45) is 4.98. The second-order valence-electron chi connectivity index (χ2n) is 6.14. The van der Waals surface area contributed by atoms with E-state index in [1.807, 2.05) is 12.1 Å². The first-order valence-electron chi connectivity index (χ1n) is 8.08. The average Bonchev–Trinajstić information content (AvgIpc) is 3.04. The average molecular weight is 329 g/mol. The van der Waals surface area contributed by atoms with Gasteiger partial charge in [0.25, 0.3) is 0 Å². The third-order valence-corrected chi connectivity index (χ3v) is 4.92. The van der Waals surface area contributed by atoms with Gasteiger partial charge in [-0.3, -0.25) is 4.90 Å². The Labute approximate surface area is 138 Å². The van der Waals surface area contributed by atoms with E-state index in [1.165, 1.54) is 32.8 Å². The van der Waals surface area contributed by atoms with Crippen molar-refractivity contribution in [3.05, 3.63) is 29.6 Å². The maximum atomic E-state index is 14.8. The number of ether oxygens (including phenoxy) is 1. The summed E-state index contributed by atoms with van der Waals surface area (Å²) in [5.41, 5.74) is 0.822. The molecule has 1 saturated heterocycles. The first-order valence-corrected chi connectivity index (χ1v) is 8.08. The number of rotatable bonds is 4. The van der Waals surface area contributed by atoms with Gasteiger partial charge in [0, 0.05) is 37.8 Å². The summed E-state index contributed by atoms with van der Waals surface area (Å²) in [5.74, 6) is 0.769. The van der Waals surface area contributed by atoms with E-state index in [9.17, 15) is 4.39 Å². The Bertz CT molecular complexity index is 474. The van der Waals surface area contributed by atoms with Crippen LogP contribution in [0.15, 0.2) is 18.2 Å². The SMILES string of the molecule is COc1cccc([C@@H](C2CCCC2)N2CCNCC2)c1F.Cl. The highest BCUT2D eigenvalue weighted by molar-refractivity contribution is 5.85. The summed E-state index contributed by atoms with van der Waals surface area (Å²) in [6, 6.07) is 5.77. The highest BCUT2D eigenvalue weighted by Gasteiger charge is 2.34. The lowest BCUT2D eigenvalue weighted by atomic mass is 9.89. The largest absolute Gasteiger partial charge is 0.494 e. The maximum absolute atomic E-state index is 14.8. The molecule has 1 N–H and O–H groups in total. The molecule has 22 heavy (non-hydrogen) atoms. The molecule has 3 nitrogen and oxygen atoms in total. The van der Waals surface area contributed by atoms with Gasteiger partial charge in [-0.05, 0) is 24.8 Å². The molecule has 2 aliphatic rings. The minimum atomic E-state index is -0.171. The Morgan fingerprint density at radius 1 is 1.23 bits per heavy atom. The Hall–Kier alpha value is -0.840. The van der Waals surface area contributed by atoms with E-state index in [0.29, 0.717) is 11.7 Å². The van der Waals surface area contributed by atoms with Gasteiger partial charge in [0.05, 0.1) is 7.11 Å². The third-order valence-electron chi connectivity index (χ3n) is 4.92. The van der Waals surface area contributed by atoms with Crippen molar-refractivity contribution in [1.82, 2.24) is 10.2 Å². The summed E-state index contributed by atoms with van der Waals surface area (Å²) >= 11 is 0. The molecule has 1 atom stereocenters. The molecule has 2 fully saturated rings. The molecule has 0 spiro atoms. The van der Waals surface area contributed by atoms with E-state index in [1.54, 1.807) is 6.07 Å². The number of piperazine rings is 1. The van der Waals surface area contributed by atoms with Crippen molar-refractivity contribution in [1.29, 1.82) is 0 Å². The van der Waals surface area contributed by atoms with Gasteiger partial charge < -0.3 is 10.1 Å². The molecule has 1 saturated carbocycles. The van der Waals surface area contributed by atoms with Gasteiger partial charge in [-0.25, -0.2) is 4.39 Å². The van der Waals surface area contributed by atoms with E-state index < -0.39 is 0 Å². The van der Waals surface area contributed by atoms with E-state index in [-0.39, 0.29) is 24.3 Å². The van der Waals surface area contributed by atoms with Crippen LogP contribution in [0.25, 0.3) is 0 Å². The quantitative estimate of drug-likeness (QED) is 0.917. The molecule has 3 rings (SSSR count). The number of nitrogens with zero attached hydrogens (tertiary/aromatic N) is 1. The zero-order valence-corrected chi connectivity index (χ0v) is 14.0. The van der Waals surface area contributed by atoms with Crippen LogP contribution in [-0.4, -0.2) is 38.2 Å². The predicted octanol–water partition coefficient (Wildman–Crippen LogP) is 3.39. The molecule has 0 radical (unpaired) electrons. The van der Waals surface area contributed by atoms with Crippen LogP contribution in [0, 0.1) is 11.7 Å². The summed E-state index contributed by atoms with van der Waals surface area (Å²) in [4.78, 5) is 2.46. The maximum Gasteiger partial charge on any atom is 0.169 e. The van der Waals surface area contributed by atoms with Crippen LogP contribution >= 0.6 is 12.4 Å². The van der Waals surface area contributed by atoms with Gasteiger partial charge in [0.15, 0.2) is 11.6 Å². The van der Waals surface area contributed by atoms with Gasteiger partial charge in [0.1, 0.15) is 0 Å². The standard InChI is InChI=1S/C17H25FN2O.ClH/c1-21-15-8-4-7-14(16(15)18)17(13-5-2-3-6-13)20-11-9-19-10-12-20;/h4,7-8,13,17,19H,2-3,5-6,9-12H2,1H3;1H/t17-;/m1./s1. The summed E-state index contributed by atoms with van der Waals surface area (Å²) in [7, 11) is 1.54. The van der Waals surface area contributed by atoms with Crippen LogP contribution < -0.4 is 10.1 Å². The highest BCUT2D eigenvalue weighted by atomic mass is 35.5. The van der Waals surface area contributed by atoms with Crippen molar-refractivity contribution in [2.45, 2.75) is 31.7 Å². The molecule has 0 bridgehead atoms. The number of benzene rings is 1. The Kier molecular flexibility index (Phi) is 6.48. The zero-order chi connectivity index (χ0) is 14.7. The summed E-state index contributed by atoms with van der Waals surface area (Å²) < 4.78 is 19.9. The Morgan fingerprint density at radius 3 is 2.55 bits per heavy atom. The fourth-order valence-electron chi connectivity index (χ4n) is 3.90. The van der Waals surface area contributed by atoms with Gasteiger partial charge in [-0.15, -0.1) is 12.4 Å². The van der Waals surface area contributed by atoms with Gasteiger partial charge in [0.2, 0.25) is 0 Å². The molecule has 1 aliphatic carbocycles. The van der Waals surface area contributed by atoms with Crippen molar-refractivity contribution in [3.8, 4) is 5.75 Å². The first kappa shape index (κ1) is 17.5. The Balaban J connectivity index is 0.00000176. The lowest BCUT2D eigenvalue weighted by molar-refractivity contribution is 0.122. The number of nitrogens with one attached hydrogen (secondary N) is 1. The van der Waals surface area contributed by atoms with Crippen molar-refractivity contribution >= 4 is 12.4 Å². The number of hydrogen-bond donors (Lipinski definition) is 1. The minimum Gasteiger partial charge on any atom is -0.494 e. The minimum absolute atomic E-state index is 0. The van der Waals surface area contributed by atoms with Crippen molar-refractivity contribution in [3.63, 3.8) is 0 Å². The second-order valence-corrected chi connectivity index (χ2v) is 6.14. The van der Waals surface area contributed by atoms with Gasteiger partial charge in [-0.1, -0.05) is 25.0 Å². The van der Waals surface area contributed by atoms with E-state index >= 15 is 0 Å². The summed E-state index contributed by atoms with van der Waals surface area (Å²) in [6.45, 7) is 3.99. The first-order chi connectivity index (χ1) is 10.3. The van der Waals surface area contributed by atoms with Crippen LogP contribution in [0.2, 0.25) is 0 Å². The van der Waals surface area contributed by atoms with Crippen molar-refractivity contribution in [2.75, 3.05) is 33.3 Å². The number of halogens is 2. The normalized spacial score (nSPS) is 21.4. The van der Waals surface area contributed by atoms with Crippen LogP contribution in [0.1, 0.15) is 37.3 Å². The van der Waals surface area contributed by atoms with Crippen molar-refractivity contribution < 1.29 is 9.13 Å². The predicted molar refractivity (Wildman–Crippen MR) is 89.3 cm³/mol. The zero-order valence-electron chi connectivity index (χ0n) is 13.2. The third kappa shape index (κ3) is 3.55. The molecule has 1 aromatic carbocycles. The summed E-state index contributed by atoms with van der Waals surface area (Å²) in [5, 5.41) is 3.39. The molecule has 0 amide bonds. The lowest BCUT2D eigenvalue weighted by Crippen LogP contribution is -2.46. The Morgan fingerprint density at radius 2 is 1.91 bits per heavy atom. The molecule has 1 heterocycles. The fraction of sp³-hybridized carbons (Fsp3) is 0.647.